The van der Waals surface area contributed by atoms with E-state index in [1.54, 1.807) is 0 Å². The largest absolute Gasteiger partial charge is 0.346 e. The Kier molecular flexibility index (Phi) is 2.30. The molecule has 1 N–H and O–H groups in total. The van der Waals surface area contributed by atoms with Gasteiger partial charge in [0.15, 0.2) is 0 Å². The van der Waals surface area contributed by atoms with E-state index in [-0.39, 0.29) is 5.91 Å². The van der Waals surface area contributed by atoms with E-state index < -0.39 is 0 Å². The van der Waals surface area contributed by atoms with Crippen molar-refractivity contribution in [2.45, 2.75) is 19.9 Å². The second-order valence-electron chi connectivity index (χ2n) is 5.35. The van der Waals surface area contributed by atoms with Gasteiger partial charge in [0.05, 0.1) is 12.2 Å². The van der Waals surface area contributed by atoms with E-state index in [0.717, 1.165) is 29.0 Å². The number of allylic oxidation sites excluding steroid dienone is 6. The molecule has 3 nitrogen and oxygen atoms in total. The van der Waals surface area contributed by atoms with Gasteiger partial charge in [0, 0.05) is 11.3 Å². The highest BCUT2D eigenvalue weighted by Crippen LogP contribution is 2.51. The van der Waals surface area contributed by atoms with Crippen LogP contribution in [0.1, 0.15) is 17.8 Å². The van der Waals surface area contributed by atoms with Crippen LogP contribution in [-0.2, 0) is 11.3 Å². The summed E-state index contributed by atoms with van der Waals surface area (Å²) in [6.45, 7) is 2.42. The summed E-state index contributed by atoms with van der Waals surface area (Å²) in [5, 5.41) is 2.95. The highest BCUT2D eigenvalue weighted by atomic mass is 16.1. The lowest BCUT2D eigenvalue weighted by molar-refractivity contribution is -0.117. The van der Waals surface area contributed by atoms with Crippen LogP contribution in [0.25, 0.3) is 0 Å². The van der Waals surface area contributed by atoms with Crippen LogP contribution in [0.5, 0.6) is 0 Å². The van der Waals surface area contributed by atoms with Gasteiger partial charge in [-0.15, -0.1) is 0 Å². The summed E-state index contributed by atoms with van der Waals surface area (Å²) in [4.78, 5) is 16.7. The second kappa shape index (κ2) is 4.04. The summed E-state index contributed by atoms with van der Waals surface area (Å²) in [7, 11) is 0. The van der Waals surface area contributed by atoms with Crippen LogP contribution in [0.3, 0.4) is 0 Å². The topological polar surface area (TPSA) is 42.0 Å². The first-order chi connectivity index (χ1) is 9.72. The van der Waals surface area contributed by atoms with E-state index in [1.165, 1.54) is 16.7 Å². The number of fused-ring (bicyclic) bond motifs is 2. The lowest BCUT2D eigenvalue weighted by atomic mass is 10.1. The molecule has 0 saturated heterocycles. The van der Waals surface area contributed by atoms with Crippen molar-refractivity contribution in [1.29, 1.82) is 0 Å². The monoisotopic (exact) mass is 262 g/mol. The van der Waals surface area contributed by atoms with E-state index in [0.29, 0.717) is 6.54 Å². The number of pyridine rings is 1. The lowest BCUT2D eigenvalue weighted by Crippen LogP contribution is -2.24. The number of carbonyl (C=O) groups is 1. The lowest BCUT2D eigenvalue weighted by Gasteiger charge is -2.06. The highest BCUT2D eigenvalue weighted by molar-refractivity contribution is 6.01. The number of carbonyl (C=O) groups excluding carboxylic acids is 1. The van der Waals surface area contributed by atoms with Gasteiger partial charge in [-0.2, -0.15) is 0 Å². The maximum atomic E-state index is 12.3. The van der Waals surface area contributed by atoms with Crippen molar-refractivity contribution >= 4 is 5.91 Å². The predicted molar refractivity (Wildman–Crippen MR) is 76.7 cm³/mol. The molecule has 1 heterocycles. The molecule has 0 spiro atoms. The molecule has 20 heavy (non-hydrogen) atoms. The Balaban J connectivity index is 1.50. The summed E-state index contributed by atoms with van der Waals surface area (Å²) < 4.78 is 0. The van der Waals surface area contributed by atoms with Gasteiger partial charge in [-0.1, -0.05) is 12.1 Å². The van der Waals surface area contributed by atoms with Crippen LogP contribution < -0.4 is 5.32 Å². The summed E-state index contributed by atoms with van der Waals surface area (Å²) in [6, 6.07) is 5.83. The van der Waals surface area contributed by atoms with Crippen molar-refractivity contribution in [1.82, 2.24) is 10.3 Å². The molecule has 1 saturated carbocycles. The molecule has 1 aromatic rings. The Morgan fingerprint density at radius 3 is 3.05 bits per heavy atom. The van der Waals surface area contributed by atoms with E-state index in [1.807, 2.05) is 31.2 Å². The molecule has 0 unspecified atom stereocenters. The Hall–Kier alpha value is -2.42. The Morgan fingerprint density at radius 1 is 1.30 bits per heavy atom. The summed E-state index contributed by atoms with van der Waals surface area (Å²) in [5.41, 5.74) is 7.78. The zero-order valence-corrected chi connectivity index (χ0v) is 11.2. The number of aryl methyl sites for hydroxylation is 1. The molecule has 0 aromatic carbocycles. The number of hydrogen-bond donors (Lipinski definition) is 1. The van der Waals surface area contributed by atoms with E-state index in [4.69, 9.17) is 0 Å². The first kappa shape index (κ1) is 11.4. The average molecular weight is 262 g/mol. The molecule has 0 bridgehead atoms. The van der Waals surface area contributed by atoms with Crippen LogP contribution in [0, 0.1) is 6.92 Å². The standard InChI is InChI=1S/C17H14N2O/c1-10-3-2-4-12(19-10)9-18-17(20)14-6-5-13-15-7-11(15)8-16(13)14/h2-6,8H,7,9H2,1H3,(H,18,20). The van der Waals surface area contributed by atoms with Crippen molar-refractivity contribution in [2.75, 3.05) is 0 Å². The van der Waals surface area contributed by atoms with Crippen LogP contribution in [0.4, 0.5) is 0 Å². The Labute approximate surface area is 117 Å². The minimum absolute atomic E-state index is 0.0201. The third kappa shape index (κ3) is 1.74. The molecule has 1 amide bonds. The van der Waals surface area contributed by atoms with Gasteiger partial charge in [0.25, 0.3) is 5.91 Å². The molecule has 0 aliphatic heterocycles. The second-order valence-corrected chi connectivity index (χ2v) is 5.35. The van der Waals surface area contributed by atoms with Gasteiger partial charge in [-0.25, -0.2) is 0 Å². The molecule has 0 atom stereocenters. The Bertz CT molecular complexity index is 763. The van der Waals surface area contributed by atoms with Gasteiger partial charge >= 0.3 is 0 Å². The van der Waals surface area contributed by atoms with Gasteiger partial charge < -0.3 is 5.32 Å². The maximum absolute atomic E-state index is 12.3. The normalized spacial score (nSPS) is 18.1. The zero-order chi connectivity index (χ0) is 13.7. The molecule has 3 heteroatoms. The molecular weight excluding hydrogens is 248 g/mol. The number of nitrogens with one attached hydrogen (secondary N) is 1. The number of hydrogen-bond acceptors (Lipinski definition) is 2. The highest BCUT2D eigenvalue weighted by Gasteiger charge is 2.35. The maximum Gasteiger partial charge on any atom is 0.252 e. The minimum atomic E-state index is -0.0201. The molecule has 0 radical (unpaired) electrons. The van der Waals surface area contributed by atoms with Crippen LogP contribution in [0.2, 0.25) is 0 Å². The van der Waals surface area contributed by atoms with Crippen LogP contribution in [-0.4, -0.2) is 10.9 Å². The van der Waals surface area contributed by atoms with Crippen molar-refractivity contribution in [2.24, 2.45) is 0 Å². The fourth-order valence-corrected chi connectivity index (χ4v) is 2.80. The fourth-order valence-electron chi connectivity index (χ4n) is 2.80. The predicted octanol–water partition coefficient (Wildman–Crippen LogP) is 2.51. The number of rotatable bonds is 3. The van der Waals surface area contributed by atoms with Crippen molar-refractivity contribution in [3.05, 3.63) is 75.7 Å². The van der Waals surface area contributed by atoms with E-state index in [9.17, 15) is 4.79 Å². The third-order valence-electron chi connectivity index (χ3n) is 3.89. The molecule has 1 fully saturated rings. The van der Waals surface area contributed by atoms with Gasteiger partial charge in [0.2, 0.25) is 0 Å². The minimum Gasteiger partial charge on any atom is -0.346 e. The van der Waals surface area contributed by atoms with Crippen LogP contribution in [0.15, 0.2) is 64.3 Å². The summed E-state index contributed by atoms with van der Waals surface area (Å²) in [5.74, 6) is -0.0201. The zero-order valence-electron chi connectivity index (χ0n) is 11.2. The smallest absolute Gasteiger partial charge is 0.252 e. The summed E-state index contributed by atoms with van der Waals surface area (Å²) in [6.07, 6.45) is 7.22. The quantitative estimate of drug-likeness (QED) is 0.909. The first-order valence-electron chi connectivity index (χ1n) is 6.80. The molecule has 3 aliphatic rings. The van der Waals surface area contributed by atoms with E-state index in [2.05, 4.69) is 22.5 Å². The Morgan fingerprint density at radius 2 is 2.20 bits per heavy atom. The van der Waals surface area contributed by atoms with Crippen molar-refractivity contribution in [3.8, 4) is 0 Å². The number of nitrogens with zero attached hydrogens (tertiary/aromatic N) is 1. The first-order valence-corrected chi connectivity index (χ1v) is 6.80. The fraction of sp³-hybridized carbons (Fsp3) is 0.176. The molecule has 1 aromatic heterocycles. The van der Waals surface area contributed by atoms with Crippen molar-refractivity contribution in [3.63, 3.8) is 0 Å². The third-order valence-corrected chi connectivity index (χ3v) is 3.89. The molecule has 98 valence electrons. The van der Waals surface area contributed by atoms with Gasteiger partial charge in [-0.05, 0) is 59.9 Å². The molecule has 4 rings (SSSR count). The van der Waals surface area contributed by atoms with Crippen molar-refractivity contribution < 1.29 is 4.79 Å². The van der Waals surface area contributed by atoms with E-state index >= 15 is 0 Å². The number of aromatic nitrogens is 1. The van der Waals surface area contributed by atoms with Crippen LogP contribution >= 0.6 is 0 Å². The number of amides is 1. The summed E-state index contributed by atoms with van der Waals surface area (Å²) >= 11 is 0. The van der Waals surface area contributed by atoms with Gasteiger partial charge in [-0.3, -0.25) is 9.78 Å². The molecular formula is C17H14N2O. The SMILES string of the molecule is Cc1cccc(CNC(=O)C2=C3C=C4CC4=C3C=C2)n1. The molecule has 3 aliphatic carbocycles. The van der Waals surface area contributed by atoms with Gasteiger partial charge in [0.1, 0.15) is 0 Å². The average Bonchev–Trinajstić information content (AvgIpc) is 2.92.